The first kappa shape index (κ1) is 16.9. The Morgan fingerprint density at radius 1 is 1.31 bits per heavy atom. The Bertz CT molecular complexity index is 916. The van der Waals surface area contributed by atoms with E-state index in [1.807, 2.05) is 17.5 Å². The molecule has 2 aromatic heterocycles. The molecule has 1 saturated carbocycles. The second kappa shape index (κ2) is 6.64. The fourth-order valence-corrected chi connectivity index (χ4v) is 3.67. The number of nitrogens with zero attached hydrogens (tertiary/aromatic N) is 4. The molecule has 0 radical (unpaired) electrons. The van der Waals surface area contributed by atoms with Crippen LogP contribution in [0.25, 0.3) is 16.4 Å². The molecule has 26 heavy (non-hydrogen) atoms. The van der Waals surface area contributed by atoms with E-state index in [0.29, 0.717) is 17.4 Å². The molecule has 1 amide bonds. The zero-order valence-electron chi connectivity index (χ0n) is 14.6. The van der Waals surface area contributed by atoms with Crippen molar-refractivity contribution in [1.29, 1.82) is 0 Å². The number of carbonyl (C=O) groups is 1. The van der Waals surface area contributed by atoms with Crippen LogP contribution in [0.2, 0.25) is 0 Å². The van der Waals surface area contributed by atoms with E-state index in [1.54, 1.807) is 28.8 Å². The van der Waals surface area contributed by atoms with Crippen molar-refractivity contribution in [2.75, 3.05) is 7.05 Å². The molecule has 0 bridgehead atoms. The largest absolute Gasteiger partial charge is 0.336 e. The molecule has 1 atom stereocenters. The summed E-state index contributed by atoms with van der Waals surface area (Å²) in [6, 6.07) is 10.0. The smallest absolute Gasteiger partial charge is 0.293 e. The molecule has 0 spiro atoms. The van der Waals surface area contributed by atoms with Crippen LogP contribution in [0.3, 0.4) is 0 Å². The minimum Gasteiger partial charge on any atom is -0.336 e. The summed E-state index contributed by atoms with van der Waals surface area (Å²) < 4.78 is 14.9. The maximum absolute atomic E-state index is 13.3. The maximum atomic E-state index is 13.3. The molecule has 5 nitrogen and oxygen atoms in total. The van der Waals surface area contributed by atoms with E-state index in [9.17, 15) is 9.18 Å². The molecule has 1 fully saturated rings. The van der Waals surface area contributed by atoms with Crippen LogP contribution >= 0.6 is 11.3 Å². The van der Waals surface area contributed by atoms with Crippen LogP contribution < -0.4 is 0 Å². The molecule has 1 aliphatic carbocycles. The molecule has 0 N–H and O–H groups in total. The molecule has 0 aliphatic heterocycles. The van der Waals surface area contributed by atoms with Crippen LogP contribution in [0, 0.1) is 11.7 Å². The van der Waals surface area contributed by atoms with Gasteiger partial charge >= 0.3 is 0 Å². The number of carbonyl (C=O) groups excluding carboxylic acids is 1. The van der Waals surface area contributed by atoms with Gasteiger partial charge in [0.1, 0.15) is 5.82 Å². The summed E-state index contributed by atoms with van der Waals surface area (Å²) in [6.45, 7) is 2.06. The third kappa shape index (κ3) is 3.14. The molecule has 3 aromatic rings. The van der Waals surface area contributed by atoms with Gasteiger partial charge in [-0.3, -0.25) is 4.79 Å². The second-order valence-corrected chi connectivity index (χ2v) is 7.57. The molecule has 1 unspecified atom stereocenters. The van der Waals surface area contributed by atoms with Gasteiger partial charge in [-0.2, -0.15) is 0 Å². The molecule has 7 heteroatoms. The minimum absolute atomic E-state index is 0.160. The lowest BCUT2D eigenvalue weighted by Crippen LogP contribution is -2.37. The van der Waals surface area contributed by atoms with Crippen LogP contribution in [0.1, 0.15) is 30.4 Å². The Labute approximate surface area is 155 Å². The van der Waals surface area contributed by atoms with Crippen molar-refractivity contribution in [1.82, 2.24) is 19.7 Å². The lowest BCUT2D eigenvalue weighted by Gasteiger charge is -2.23. The SMILES string of the molecule is CC(C1CC1)N(C)C(=O)c1nc(-c2cccs2)n(-c2ccc(F)cc2)n1. The molecule has 2 heterocycles. The highest BCUT2D eigenvalue weighted by Gasteiger charge is 2.34. The van der Waals surface area contributed by atoms with Gasteiger partial charge in [0.25, 0.3) is 5.91 Å². The molecular formula is C19H19FN4OS. The van der Waals surface area contributed by atoms with E-state index in [1.165, 1.54) is 23.5 Å². The molecule has 0 saturated heterocycles. The fraction of sp³-hybridized carbons (Fsp3) is 0.316. The summed E-state index contributed by atoms with van der Waals surface area (Å²) in [4.78, 5) is 20.0. The summed E-state index contributed by atoms with van der Waals surface area (Å²) >= 11 is 1.52. The monoisotopic (exact) mass is 370 g/mol. The third-order valence-corrected chi connectivity index (χ3v) is 5.71. The van der Waals surface area contributed by atoms with Gasteiger partial charge in [-0.1, -0.05) is 6.07 Å². The van der Waals surface area contributed by atoms with Gasteiger partial charge in [0.2, 0.25) is 5.82 Å². The van der Waals surface area contributed by atoms with Crippen molar-refractivity contribution in [2.45, 2.75) is 25.8 Å². The molecule has 134 valence electrons. The summed E-state index contributed by atoms with van der Waals surface area (Å²) in [6.07, 6.45) is 2.33. The highest BCUT2D eigenvalue weighted by atomic mass is 32.1. The highest BCUT2D eigenvalue weighted by Crippen LogP contribution is 2.35. The quantitative estimate of drug-likeness (QED) is 0.682. The number of halogens is 1. The van der Waals surface area contributed by atoms with E-state index in [4.69, 9.17) is 0 Å². The van der Waals surface area contributed by atoms with E-state index in [0.717, 1.165) is 17.7 Å². The van der Waals surface area contributed by atoms with Gasteiger partial charge in [0, 0.05) is 13.1 Å². The average Bonchev–Trinajstić information content (AvgIpc) is 3.18. The van der Waals surface area contributed by atoms with Gasteiger partial charge in [-0.25, -0.2) is 14.1 Å². The van der Waals surface area contributed by atoms with Crippen LogP contribution in [-0.2, 0) is 0 Å². The predicted octanol–water partition coefficient (Wildman–Crippen LogP) is 4.01. The molecule has 1 aliphatic rings. The first-order valence-electron chi connectivity index (χ1n) is 8.58. The zero-order chi connectivity index (χ0) is 18.3. The normalized spacial score (nSPS) is 15.0. The van der Waals surface area contributed by atoms with Gasteiger partial charge < -0.3 is 4.90 Å². The van der Waals surface area contributed by atoms with Gasteiger partial charge in [0.05, 0.1) is 10.6 Å². The Balaban J connectivity index is 1.73. The summed E-state index contributed by atoms with van der Waals surface area (Å²) in [5.41, 5.74) is 0.666. The predicted molar refractivity (Wildman–Crippen MR) is 98.9 cm³/mol. The lowest BCUT2D eigenvalue weighted by atomic mass is 10.2. The van der Waals surface area contributed by atoms with Gasteiger partial charge in [-0.05, 0) is 61.4 Å². The molecular weight excluding hydrogens is 351 g/mol. The van der Waals surface area contributed by atoms with Crippen molar-refractivity contribution in [3.8, 4) is 16.4 Å². The summed E-state index contributed by atoms with van der Waals surface area (Å²) in [5.74, 6) is 0.805. The summed E-state index contributed by atoms with van der Waals surface area (Å²) in [7, 11) is 1.80. The van der Waals surface area contributed by atoms with Crippen molar-refractivity contribution in [3.05, 3.63) is 53.4 Å². The van der Waals surface area contributed by atoms with Crippen LogP contribution in [0.15, 0.2) is 41.8 Å². The number of aromatic nitrogens is 3. The first-order valence-corrected chi connectivity index (χ1v) is 9.46. The Kier molecular flexibility index (Phi) is 4.32. The van der Waals surface area contributed by atoms with E-state index < -0.39 is 0 Å². The minimum atomic E-state index is -0.319. The number of benzene rings is 1. The van der Waals surface area contributed by atoms with Gasteiger partial charge in [0.15, 0.2) is 5.82 Å². The lowest BCUT2D eigenvalue weighted by molar-refractivity contribution is 0.0715. The van der Waals surface area contributed by atoms with Crippen molar-refractivity contribution < 1.29 is 9.18 Å². The van der Waals surface area contributed by atoms with E-state index in [2.05, 4.69) is 17.0 Å². The number of amides is 1. The fourth-order valence-electron chi connectivity index (χ4n) is 2.97. The van der Waals surface area contributed by atoms with Crippen LogP contribution in [-0.4, -0.2) is 38.7 Å². The van der Waals surface area contributed by atoms with Gasteiger partial charge in [-0.15, -0.1) is 16.4 Å². The van der Waals surface area contributed by atoms with E-state index in [-0.39, 0.29) is 23.6 Å². The van der Waals surface area contributed by atoms with E-state index >= 15 is 0 Å². The molecule has 1 aromatic carbocycles. The first-order chi connectivity index (χ1) is 12.5. The van der Waals surface area contributed by atoms with Crippen molar-refractivity contribution in [3.63, 3.8) is 0 Å². The highest BCUT2D eigenvalue weighted by molar-refractivity contribution is 7.13. The number of thiophene rings is 1. The topological polar surface area (TPSA) is 51.0 Å². The van der Waals surface area contributed by atoms with Crippen molar-refractivity contribution >= 4 is 17.2 Å². The number of hydrogen-bond acceptors (Lipinski definition) is 4. The number of hydrogen-bond donors (Lipinski definition) is 0. The Hall–Kier alpha value is -2.54. The van der Waals surface area contributed by atoms with Crippen molar-refractivity contribution in [2.24, 2.45) is 5.92 Å². The Morgan fingerprint density at radius 2 is 2.04 bits per heavy atom. The second-order valence-electron chi connectivity index (χ2n) is 6.62. The van der Waals surface area contributed by atoms with Crippen LogP contribution in [0.5, 0.6) is 0 Å². The summed E-state index contributed by atoms with van der Waals surface area (Å²) in [5, 5.41) is 6.39. The maximum Gasteiger partial charge on any atom is 0.293 e. The number of rotatable bonds is 5. The standard InChI is InChI=1S/C19H19FN4OS/c1-12(13-5-6-13)23(2)19(25)17-21-18(16-4-3-11-26-16)24(22-17)15-9-7-14(20)8-10-15/h3-4,7-13H,5-6H2,1-2H3. The average molecular weight is 370 g/mol. The Morgan fingerprint density at radius 3 is 2.65 bits per heavy atom. The zero-order valence-corrected chi connectivity index (χ0v) is 15.4. The molecule has 4 rings (SSSR count). The third-order valence-electron chi connectivity index (χ3n) is 4.85. The van der Waals surface area contributed by atoms with Crippen LogP contribution in [0.4, 0.5) is 4.39 Å².